The Bertz CT molecular complexity index is 1480. The lowest BCUT2D eigenvalue weighted by molar-refractivity contribution is -0.140. The van der Waals surface area contributed by atoms with Crippen LogP contribution in [0.25, 0.3) is 0 Å². The molecule has 0 spiro atoms. The topological polar surface area (TPSA) is 90.0 Å². The minimum atomic E-state index is -4.15. The summed E-state index contributed by atoms with van der Waals surface area (Å²) in [4.78, 5) is 29.8. The molecule has 0 heterocycles. The maximum Gasteiger partial charge on any atom is 0.304 e. The van der Waals surface area contributed by atoms with Crippen LogP contribution in [0, 0.1) is 5.82 Å². The fourth-order valence-electron chi connectivity index (χ4n) is 5.25. The van der Waals surface area contributed by atoms with Gasteiger partial charge in [0.05, 0.1) is 5.69 Å². The molecule has 3 aromatic carbocycles. The van der Waals surface area contributed by atoms with E-state index in [1.807, 2.05) is 54.6 Å². The molecular formula is C32H38BrFN4O4S. The summed E-state index contributed by atoms with van der Waals surface area (Å²) in [5, 5.41) is 3.19. The van der Waals surface area contributed by atoms with Crippen molar-refractivity contribution in [3.8, 4) is 0 Å². The van der Waals surface area contributed by atoms with Crippen LogP contribution in [0.4, 0.5) is 10.1 Å². The second-order valence-electron chi connectivity index (χ2n) is 11.0. The van der Waals surface area contributed by atoms with E-state index < -0.39 is 34.5 Å². The van der Waals surface area contributed by atoms with Crippen LogP contribution in [-0.2, 0) is 32.8 Å². The van der Waals surface area contributed by atoms with E-state index in [2.05, 4.69) is 21.2 Å². The monoisotopic (exact) mass is 672 g/mol. The second kappa shape index (κ2) is 14.9. The minimum absolute atomic E-state index is 0.0205. The number of anilines is 1. The molecule has 11 heteroatoms. The van der Waals surface area contributed by atoms with Crippen LogP contribution in [0.5, 0.6) is 0 Å². The molecule has 0 unspecified atom stereocenters. The van der Waals surface area contributed by atoms with Crippen LogP contribution in [0.2, 0.25) is 0 Å². The highest BCUT2D eigenvalue weighted by Crippen LogP contribution is 2.24. The average Bonchev–Trinajstić information content (AvgIpc) is 2.99. The fourth-order valence-corrected chi connectivity index (χ4v) is 6.76. The first kappa shape index (κ1) is 32.6. The number of rotatable bonds is 12. The quantitative estimate of drug-likeness (QED) is 0.283. The van der Waals surface area contributed by atoms with Crippen molar-refractivity contribution in [3.63, 3.8) is 0 Å². The van der Waals surface area contributed by atoms with Crippen molar-refractivity contribution < 1.29 is 22.4 Å². The molecule has 0 saturated heterocycles. The predicted molar refractivity (Wildman–Crippen MR) is 170 cm³/mol. The van der Waals surface area contributed by atoms with Gasteiger partial charge in [-0.25, -0.2) is 8.70 Å². The van der Waals surface area contributed by atoms with Crippen LogP contribution in [0.1, 0.15) is 43.2 Å². The van der Waals surface area contributed by atoms with Crippen molar-refractivity contribution in [1.29, 1.82) is 0 Å². The lowest BCUT2D eigenvalue weighted by Gasteiger charge is -2.35. The van der Waals surface area contributed by atoms with Crippen molar-refractivity contribution in [2.75, 3.05) is 24.9 Å². The van der Waals surface area contributed by atoms with E-state index in [9.17, 15) is 22.4 Å². The minimum Gasteiger partial charge on any atom is -0.352 e. The summed E-state index contributed by atoms with van der Waals surface area (Å²) in [5.74, 6) is -1.37. The Kier molecular flexibility index (Phi) is 11.3. The number of nitrogens with one attached hydrogen (secondary N) is 1. The molecule has 0 aromatic heterocycles. The summed E-state index contributed by atoms with van der Waals surface area (Å²) in [6.45, 7) is -0.505. The fraction of sp³-hybridized carbons (Fsp3) is 0.375. The van der Waals surface area contributed by atoms with E-state index in [0.717, 1.165) is 68.4 Å². The highest BCUT2D eigenvalue weighted by Gasteiger charge is 2.35. The van der Waals surface area contributed by atoms with E-state index in [-0.39, 0.29) is 30.6 Å². The average molecular weight is 674 g/mol. The number of nitrogens with zero attached hydrogens (tertiary/aromatic N) is 3. The molecule has 8 nitrogen and oxygen atoms in total. The molecule has 0 radical (unpaired) electrons. The predicted octanol–water partition coefficient (Wildman–Crippen LogP) is 5.29. The summed E-state index contributed by atoms with van der Waals surface area (Å²) in [6.07, 6.45) is 5.20. The van der Waals surface area contributed by atoms with Crippen molar-refractivity contribution in [1.82, 2.24) is 14.5 Å². The van der Waals surface area contributed by atoms with Crippen LogP contribution < -0.4 is 9.62 Å². The summed E-state index contributed by atoms with van der Waals surface area (Å²) in [5.41, 5.74) is 1.78. The van der Waals surface area contributed by atoms with Gasteiger partial charge in [-0.2, -0.15) is 12.7 Å². The lowest BCUT2D eigenvalue weighted by atomic mass is 9.94. The Labute approximate surface area is 262 Å². The van der Waals surface area contributed by atoms with E-state index in [1.54, 1.807) is 0 Å². The van der Waals surface area contributed by atoms with Gasteiger partial charge in [-0.3, -0.25) is 9.59 Å². The maximum absolute atomic E-state index is 14.3. The summed E-state index contributed by atoms with van der Waals surface area (Å²) >= 11 is 3.49. The molecule has 43 heavy (non-hydrogen) atoms. The molecule has 230 valence electrons. The van der Waals surface area contributed by atoms with Gasteiger partial charge in [-0.15, -0.1) is 0 Å². The Morgan fingerprint density at radius 2 is 1.58 bits per heavy atom. The standard InChI is InChI=1S/C32H38BrFN4O4S/c1-36(2)43(41,42)38(29-18-16-27(34)17-19-29)23-31(39)37(22-25-12-9-13-26(33)20-25)30(21-24-10-5-3-6-11-24)32(40)35-28-14-7-4-8-15-28/h3,5-6,9-13,16-20,28,30H,4,7-8,14-15,21-23H2,1-2H3,(H,35,40)/t30-/m0/s1. The Morgan fingerprint density at radius 3 is 2.21 bits per heavy atom. The molecular weight excluding hydrogens is 635 g/mol. The molecule has 1 fully saturated rings. The zero-order valence-electron chi connectivity index (χ0n) is 24.5. The molecule has 0 bridgehead atoms. The van der Waals surface area contributed by atoms with Crippen molar-refractivity contribution >= 4 is 43.6 Å². The van der Waals surface area contributed by atoms with Gasteiger partial charge in [0.2, 0.25) is 11.8 Å². The second-order valence-corrected chi connectivity index (χ2v) is 14.0. The molecule has 1 N–H and O–H groups in total. The third-order valence-electron chi connectivity index (χ3n) is 7.60. The first-order chi connectivity index (χ1) is 20.5. The number of carbonyl (C=O) groups is 2. The third-order valence-corrected chi connectivity index (χ3v) is 9.91. The van der Waals surface area contributed by atoms with Gasteiger partial charge >= 0.3 is 10.2 Å². The molecule has 1 aliphatic carbocycles. The summed E-state index contributed by atoms with van der Waals surface area (Å²) in [7, 11) is -1.42. The van der Waals surface area contributed by atoms with E-state index in [1.165, 1.54) is 31.1 Å². The number of hydrogen-bond donors (Lipinski definition) is 1. The molecule has 3 aromatic rings. The largest absolute Gasteiger partial charge is 0.352 e. The number of hydrogen-bond acceptors (Lipinski definition) is 4. The first-order valence-corrected chi connectivity index (χ1v) is 16.6. The zero-order valence-corrected chi connectivity index (χ0v) is 26.9. The van der Waals surface area contributed by atoms with E-state index in [0.29, 0.717) is 0 Å². The SMILES string of the molecule is CN(C)S(=O)(=O)N(CC(=O)N(Cc1cccc(Br)c1)[C@@H](Cc1ccccc1)C(=O)NC1CCCCC1)c1ccc(F)cc1. The molecule has 1 saturated carbocycles. The van der Waals surface area contributed by atoms with Crippen LogP contribution in [0.15, 0.2) is 83.3 Å². The Balaban J connectivity index is 1.75. The number of carbonyl (C=O) groups excluding carboxylic acids is 2. The van der Waals surface area contributed by atoms with Crippen molar-refractivity contribution in [3.05, 3.63) is 100 Å². The first-order valence-electron chi connectivity index (χ1n) is 14.4. The van der Waals surface area contributed by atoms with Crippen LogP contribution in [0.3, 0.4) is 0 Å². The van der Waals surface area contributed by atoms with Gasteiger partial charge < -0.3 is 10.2 Å². The lowest BCUT2D eigenvalue weighted by Crippen LogP contribution is -2.55. The zero-order chi connectivity index (χ0) is 31.0. The highest BCUT2D eigenvalue weighted by atomic mass is 79.9. The van der Waals surface area contributed by atoms with E-state index in [4.69, 9.17) is 0 Å². The number of amides is 2. The molecule has 1 aliphatic rings. The van der Waals surface area contributed by atoms with Crippen LogP contribution >= 0.6 is 15.9 Å². The van der Waals surface area contributed by atoms with Gasteiger partial charge in [0.1, 0.15) is 18.4 Å². The smallest absolute Gasteiger partial charge is 0.304 e. The van der Waals surface area contributed by atoms with Crippen LogP contribution in [-0.4, -0.2) is 62.2 Å². The van der Waals surface area contributed by atoms with Gasteiger partial charge in [-0.05, 0) is 60.4 Å². The van der Waals surface area contributed by atoms with Gasteiger partial charge in [0.15, 0.2) is 0 Å². The van der Waals surface area contributed by atoms with Crippen molar-refractivity contribution in [2.45, 2.75) is 57.2 Å². The van der Waals surface area contributed by atoms with E-state index >= 15 is 0 Å². The third kappa shape index (κ3) is 8.87. The Morgan fingerprint density at radius 1 is 0.930 bits per heavy atom. The van der Waals surface area contributed by atoms with Crippen molar-refractivity contribution in [2.24, 2.45) is 0 Å². The summed E-state index contributed by atoms with van der Waals surface area (Å²) in [6, 6.07) is 20.9. The molecule has 1 atom stereocenters. The normalized spacial score (nSPS) is 14.7. The van der Waals surface area contributed by atoms with Gasteiger partial charge in [0, 0.05) is 37.6 Å². The Hall–Kier alpha value is -3.28. The summed E-state index contributed by atoms with van der Waals surface area (Å²) < 4.78 is 43.4. The number of halogens is 2. The number of benzene rings is 3. The maximum atomic E-state index is 14.3. The molecule has 4 rings (SSSR count). The molecule has 2 amide bonds. The highest BCUT2D eigenvalue weighted by molar-refractivity contribution is 9.10. The van der Waals surface area contributed by atoms with Gasteiger partial charge in [-0.1, -0.05) is 77.7 Å². The molecule has 0 aliphatic heterocycles. The van der Waals surface area contributed by atoms with Gasteiger partial charge in [0.25, 0.3) is 0 Å².